The Morgan fingerprint density at radius 2 is 2.16 bits per heavy atom. The lowest BCUT2D eigenvalue weighted by atomic mass is 9.89. The highest BCUT2D eigenvalue weighted by atomic mass is 16.5. The van der Waals surface area contributed by atoms with Crippen molar-refractivity contribution in [3.05, 3.63) is 24.3 Å². The fourth-order valence-electron chi connectivity index (χ4n) is 3.61. The number of carbonyl (C=O) groups excluding carboxylic acids is 1. The largest absolute Gasteiger partial charge is 0.461 e. The van der Waals surface area contributed by atoms with Gasteiger partial charge in [0, 0.05) is 25.9 Å². The van der Waals surface area contributed by atoms with Gasteiger partial charge in [-0.15, -0.1) is 0 Å². The Balaban J connectivity index is 1.20. The second kappa shape index (κ2) is 6.63. The summed E-state index contributed by atoms with van der Waals surface area (Å²) in [5.74, 6) is 2.08. The maximum absolute atomic E-state index is 12.3. The third-order valence-electron chi connectivity index (χ3n) is 5.36. The van der Waals surface area contributed by atoms with Crippen LogP contribution in [0.2, 0.25) is 0 Å². The van der Waals surface area contributed by atoms with Crippen molar-refractivity contribution in [3.63, 3.8) is 0 Å². The van der Waals surface area contributed by atoms with E-state index in [1.165, 1.54) is 0 Å². The van der Waals surface area contributed by atoms with Crippen LogP contribution < -0.4 is 0 Å². The summed E-state index contributed by atoms with van der Waals surface area (Å²) in [6.07, 6.45) is 6.99. The van der Waals surface area contributed by atoms with Crippen LogP contribution in [-0.2, 0) is 11.2 Å². The number of piperidine rings is 1. The van der Waals surface area contributed by atoms with Crippen LogP contribution in [0.5, 0.6) is 0 Å². The number of rotatable bonds is 6. The Morgan fingerprint density at radius 3 is 2.84 bits per heavy atom. The van der Waals surface area contributed by atoms with Crippen molar-refractivity contribution in [2.24, 2.45) is 5.92 Å². The third kappa shape index (κ3) is 3.61. The first-order valence-electron chi connectivity index (χ1n) is 9.01. The molecule has 1 saturated carbocycles. The molecule has 0 bridgehead atoms. The van der Waals surface area contributed by atoms with E-state index in [9.17, 15) is 9.90 Å². The monoisotopic (exact) mass is 345 g/mol. The number of likely N-dealkylation sites (tertiary alicyclic amines) is 1. The second-order valence-corrected chi connectivity index (χ2v) is 7.10. The Morgan fingerprint density at radius 1 is 1.36 bits per heavy atom. The van der Waals surface area contributed by atoms with Crippen molar-refractivity contribution in [3.8, 4) is 11.6 Å². The number of aromatic nitrogens is 2. The summed E-state index contributed by atoms with van der Waals surface area (Å²) in [5.41, 5.74) is -0.418. The highest BCUT2D eigenvalue weighted by Gasteiger charge is 2.48. The van der Waals surface area contributed by atoms with Crippen LogP contribution in [0, 0.1) is 5.92 Å². The molecule has 2 fully saturated rings. The first kappa shape index (κ1) is 16.3. The van der Waals surface area contributed by atoms with Crippen molar-refractivity contribution in [2.45, 2.75) is 50.5 Å². The molecule has 25 heavy (non-hydrogen) atoms. The fourth-order valence-corrected chi connectivity index (χ4v) is 3.61. The second-order valence-electron chi connectivity index (χ2n) is 7.10. The zero-order valence-electron chi connectivity index (χ0n) is 14.2. The number of amides is 1. The van der Waals surface area contributed by atoms with E-state index in [1.54, 1.807) is 18.4 Å². The molecule has 0 aromatic carbocycles. The molecule has 2 aromatic heterocycles. The number of furan rings is 1. The molecule has 1 N–H and O–H groups in total. The standard InChI is InChI=1S/C18H23N3O4/c22-16(21-10-6-13(7-11-21)18(23)8-9-18)5-1-4-15-19-17(20-25-15)14-3-2-12-24-14/h2-3,12-13,23H,1,4-11H2. The van der Waals surface area contributed by atoms with Gasteiger partial charge in [-0.2, -0.15) is 4.98 Å². The van der Waals surface area contributed by atoms with Gasteiger partial charge in [0.25, 0.3) is 0 Å². The lowest BCUT2D eigenvalue weighted by molar-refractivity contribution is -0.133. The Kier molecular flexibility index (Phi) is 4.33. The van der Waals surface area contributed by atoms with Crippen molar-refractivity contribution >= 4 is 5.91 Å². The molecule has 1 aliphatic heterocycles. The number of nitrogens with zero attached hydrogens (tertiary/aromatic N) is 3. The molecule has 7 heteroatoms. The van der Waals surface area contributed by atoms with Gasteiger partial charge in [0.1, 0.15) is 0 Å². The van der Waals surface area contributed by atoms with Crippen molar-refractivity contribution < 1.29 is 18.8 Å². The minimum absolute atomic E-state index is 0.173. The Bertz CT molecular complexity index is 713. The van der Waals surface area contributed by atoms with Crippen LogP contribution in [0.1, 0.15) is 44.4 Å². The average molecular weight is 345 g/mol. The first-order chi connectivity index (χ1) is 12.1. The quantitative estimate of drug-likeness (QED) is 0.864. The molecule has 4 rings (SSSR count). The van der Waals surface area contributed by atoms with Crippen molar-refractivity contribution in [1.29, 1.82) is 0 Å². The predicted molar refractivity (Wildman–Crippen MR) is 88.4 cm³/mol. The van der Waals surface area contributed by atoms with Gasteiger partial charge in [-0.1, -0.05) is 5.16 Å². The van der Waals surface area contributed by atoms with E-state index in [0.29, 0.717) is 42.7 Å². The molecule has 0 spiro atoms. The lowest BCUT2D eigenvalue weighted by Gasteiger charge is -2.34. The van der Waals surface area contributed by atoms with Crippen LogP contribution in [0.3, 0.4) is 0 Å². The molecule has 0 unspecified atom stereocenters. The third-order valence-corrected chi connectivity index (χ3v) is 5.36. The summed E-state index contributed by atoms with van der Waals surface area (Å²) in [4.78, 5) is 18.5. The van der Waals surface area contributed by atoms with Gasteiger partial charge in [0.15, 0.2) is 5.76 Å². The molecule has 1 saturated heterocycles. The molecule has 2 aromatic rings. The zero-order valence-corrected chi connectivity index (χ0v) is 14.2. The van der Waals surface area contributed by atoms with Gasteiger partial charge in [0.2, 0.25) is 17.6 Å². The van der Waals surface area contributed by atoms with Crippen LogP contribution in [-0.4, -0.2) is 44.7 Å². The van der Waals surface area contributed by atoms with E-state index in [2.05, 4.69) is 10.1 Å². The number of aliphatic hydroxyl groups is 1. The van der Waals surface area contributed by atoms with Gasteiger partial charge >= 0.3 is 0 Å². The first-order valence-corrected chi connectivity index (χ1v) is 9.01. The summed E-state index contributed by atoms with van der Waals surface area (Å²) in [6, 6.07) is 3.55. The summed E-state index contributed by atoms with van der Waals surface area (Å²) >= 11 is 0. The molecule has 0 radical (unpaired) electrons. The van der Waals surface area contributed by atoms with E-state index < -0.39 is 5.60 Å². The van der Waals surface area contributed by atoms with Gasteiger partial charge in [-0.05, 0) is 50.2 Å². The van der Waals surface area contributed by atoms with Crippen LogP contribution in [0.25, 0.3) is 11.6 Å². The summed E-state index contributed by atoms with van der Waals surface area (Å²) in [5, 5.41) is 14.1. The van der Waals surface area contributed by atoms with E-state index in [-0.39, 0.29) is 5.91 Å². The number of aryl methyl sites for hydroxylation is 1. The summed E-state index contributed by atoms with van der Waals surface area (Å²) in [6.45, 7) is 1.52. The normalized spacial score (nSPS) is 20.0. The minimum atomic E-state index is -0.418. The van der Waals surface area contributed by atoms with Crippen molar-refractivity contribution in [1.82, 2.24) is 15.0 Å². The Hall–Kier alpha value is -2.15. The molecular weight excluding hydrogens is 322 g/mol. The minimum Gasteiger partial charge on any atom is -0.461 e. The molecular formula is C18H23N3O4. The average Bonchev–Trinajstić information content (AvgIpc) is 3.06. The SMILES string of the molecule is O=C(CCCc1nc(-c2ccco2)no1)N1CCC(C2(O)CC2)CC1. The highest BCUT2D eigenvalue weighted by molar-refractivity contribution is 5.76. The van der Waals surface area contributed by atoms with Crippen molar-refractivity contribution in [2.75, 3.05) is 13.1 Å². The molecule has 1 amide bonds. The fraction of sp³-hybridized carbons (Fsp3) is 0.611. The summed E-state index contributed by atoms with van der Waals surface area (Å²) < 4.78 is 10.4. The van der Waals surface area contributed by atoms with Crippen LogP contribution >= 0.6 is 0 Å². The van der Waals surface area contributed by atoms with Crippen LogP contribution in [0.15, 0.2) is 27.3 Å². The van der Waals surface area contributed by atoms with E-state index in [1.807, 2.05) is 4.90 Å². The van der Waals surface area contributed by atoms with Gasteiger partial charge in [0.05, 0.1) is 11.9 Å². The molecule has 7 nitrogen and oxygen atoms in total. The van der Waals surface area contributed by atoms with Gasteiger partial charge in [-0.3, -0.25) is 4.79 Å². The molecule has 1 aliphatic carbocycles. The zero-order chi connectivity index (χ0) is 17.3. The predicted octanol–water partition coefficient (Wildman–Crippen LogP) is 2.42. The molecule has 3 heterocycles. The molecule has 134 valence electrons. The molecule has 0 atom stereocenters. The Labute approximate surface area is 146 Å². The van der Waals surface area contributed by atoms with Crippen LogP contribution in [0.4, 0.5) is 0 Å². The summed E-state index contributed by atoms with van der Waals surface area (Å²) in [7, 11) is 0. The van der Waals surface area contributed by atoms with E-state index in [4.69, 9.17) is 8.94 Å². The van der Waals surface area contributed by atoms with Gasteiger partial charge in [-0.25, -0.2) is 0 Å². The van der Waals surface area contributed by atoms with E-state index >= 15 is 0 Å². The topological polar surface area (TPSA) is 92.6 Å². The maximum atomic E-state index is 12.3. The highest BCUT2D eigenvalue weighted by Crippen LogP contribution is 2.46. The molecule has 2 aliphatic rings. The van der Waals surface area contributed by atoms with E-state index in [0.717, 1.165) is 38.8 Å². The number of hydrogen-bond acceptors (Lipinski definition) is 6. The lowest BCUT2D eigenvalue weighted by Crippen LogP contribution is -2.41. The maximum Gasteiger partial charge on any atom is 0.238 e. The number of hydrogen-bond donors (Lipinski definition) is 1. The smallest absolute Gasteiger partial charge is 0.238 e. The number of carbonyl (C=O) groups is 1. The van der Waals surface area contributed by atoms with Gasteiger partial charge < -0.3 is 18.9 Å².